The van der Waals surface area contributed by atoms with Gasteiger partial charge in [0.1, 0.15) is 6.04 Å². The SMILES string of the molecule is CCN(Cc1ccccc1)[C@H](c1cc2c(C)cc(C)cc2[nH]c1=O)c1nnnn1Cc1ccccc1. The van der Waals surface area contributed by atoms with Crippen LogP contribution in [0.25, 0.3) is 10.9 Å². The standard InChI is InChI=1S/C29H30N6O/c1-4-34(18-22-11-7-5-8-12-22)27(28-31-32-33-35(28)19-23-13-9-6-10-14-23)25-17-24-21(3)15-20(2)16-26(24)30-29(25)36/h5-17,27H,4,18-19H2,1-3H3,(H,30,36)/t27-/m1/s1. The Kier molecular flexibility index (Phi) is 6.73. The van der Waals surface area contributed by atoms with Gasteiger partial charge in [-0.25, -0.2) is 4.68 Å². The van der Waals surface area contributed by atoms with Gasteiger partial charge in [0.05, 0.1) is 6.54 Å². The third kappa shape index (κ3) is 4.83. The normalized spacial score (nSPS) is 12.3. The van der Waals surface area contributed by atoms with Crippen LogP contribution in [0.3, 0.4) is 0 Å². The second-order valence-electron chi connectivity index (χ2n) is 9.23. The summed E-state index contributed by atoms with van der Waals surface area (Å²) in [7, 11) is 0. The van der Waals surface area contributed by atoms with Crippen LogP contribution in [-0.2, 0) is 13.1 Å². The largest absolute Gasteiger partial charge is 0.322 e. The average molecular weight is 479 g/mol. The van der Waals surface area contributed by atoms with Crippen LogP contribution >= 0.6 is 0 Å². The smallest absolute Gasteiger partial charge is 0.253 e. The molecule has 2 heterocycles. The van der Waals surface area contributed by atoms with E-state index in [1.54, 1.807) is 4.68 Å². The third-order valence-electron chi connectivity index (χ3n) is 6.62. The van der Waals surface area contributed by atoms with E-state index in [2.05, 4.69) is 69.6 Å². The molecule has 182 valence electrons. The molecule has 0 fully saturated rings. The number of nitrogens with one attached hydrogen (secondary N) is 1. The summed E-state index contributed by atoms with van der Waals surface area (Å²) in [6, 6.07) is 26.1. The molecule has 36 heavy (non-hydrogen) atoms. The topological polar surface area (TPSA) is 79.7 Å². The third-order valence-corrected chi connectivity index (χ3v) is 6.62. The van der Waals surface area contributed by atoms with E-state index in [9.17, 15) is 4.79 Å². The first-order chi connectivity index (χ1) is 17.5. The average Bonchev–Trinajstić information content (AvgIpc) is 3.32. The molecule has 0 aliphatic carbocycles. The number of hydrogen-bond acceptors (Lipinski definition) is 5. The van der Waals surface area contributed by atoms with Crippen molar-refractivity contribution in [2.24, 2.45) is 0 Å². The highest BCUT2D eigenvalue weighted by Gasteiger charge is 2.30. The van der Waals surface area contributed by atoms with E-state index in [1.165, 1.54) is 0 Å². The van der Waals surface area contributed by atoms with Gasteiger partial charge in [-0.1, -0.05) is 73.7 Å². The van der Waals surface area contributed by atoms with Crippen molar-refractivity contribution in [1.29, 1.82) is 0 Å². The van der Waals surface area contributed by atoms with Gasteiger partial charge in [-0.3, -0.25) is 9.69 Å². The summed E-state index contributed by atoms with van der Waals surface area (Å²) in [5.41, 5.74) is 5.84. The fourth-order valence-corrected chi connectivity index (χ4v) is 4.87. The van der Waals surface area contributed by atoms with E-state index < -0.39 is 6.04 Å². The molecule has 0 bridgehead atoms. The van der Waals surface area contributed by atoms with Gasteiger partial charge in [0.2, 0.25) is 0 Å². The summed E-state index contributed by atoms with van der Waals surface area (Å²) in [6.07, 6.45) is 0. The summed E-state index contributed by atoms with van der Waals surface area (Å²) in [6.45, 7) is 8.11. The van der Waals surface area contributed by atoms with Gasteiger partial charge < -0.3 is 4.98 Å². The molecule has 0 spiro atoms. The van der Waals surface area contributed by atoms with Crippen molar-refractivity contribution in [1.82, 2.24) is 30.1 Å². The molecule has 2 aromatic heterocycles. The molecule has 0 aliphatic rings. The zero-order valence-corrected chi connectivity index (χ0v) is 20.8. The highest BCUT2D eigenvalue weighted by atomic mass is 16.1. The number of aryl methyl sites for hydroxylation is 2. The maximum Gasteiger partial charge on any atom is 0.253 e. The number of aromatic amines is 1. The summed E-state index contributed by atoms with van der Waals surface area (Å²) in [5.74, 6) is 0.645. The summed E-state index contributed by atoms with van der Waals surface area (Å²) in [4.78, 5) is 19.0. The molecule has 1 N–H and O–H groups in total. The Morgan fingerprint density at radius 3 is 2.33 bits per heavy atom. The molecular formula is C29H30N6O. The monoisotopic (exact) mass is 478 g/mol. The number of benzene rings is 3. The van der Waals surface area contributed by atoms with E-state index in [4.69, 9.17) is 0 Å². The van der Waals surface area contributed by atoms with Crippen molar-refractivity contribution >= 4 is 10.9 Å². The van der Waals surface area contributed by atoms with E-state index in [-0.39, 0.29) is 5.56 Å². The zero-order chi connectivity index (χ0) is 25.1. The highest BCUT2D eigenvalue weighted by Crippen LogP contribution is 2.29. The zero-order valence-electron chi connectivity index (χ0n) is 20.8. The molecule has 0 radical (unpaired) electrons. The predicted molar refractivity (Wildman–Crippen MR) is 142 cm³/mol. The van der Waals surface area contributed by atoms with Crippen LogP contribution in [0, 0.1) is 13.8 Å². The lowest BCUT2D eigenvalue weighted by molar-refractivity contribution is 0.214. The van der Waals surface area contributed by atoms with Crippen LogP contribution < -0.4 is 5.56 Å². The molecule has 0 unspecified atom stereocenters. The molecule has 3 aromatic carbocycles. The van der Waals surface area contributed by atoms with Gasteiger partial charge in [-0.05, 0) is 65.2 Å². The van der Waals surface area contributed by atoms with Gasteiger partial charge in [0.15, 0.2) is 5.82 Å². The number of rotatable bonds is 8. The maximum absolute atomic E-state index is 13.6. The molecule has 0 amide bonds. The molecule has 7 nitrogen and oxygen atoms in total. The first-order valence-electron chi connectivity index (χ1n) is 12.3. The second-order valence-corrected chi connectivity index (χ2v) is 9.23. The van der Waals surface area contributed by atoms with E-state index in [0.717, 1.165) is 33.2 Å². The van der Waals surface area contributed by atoms with Crippen molar-refractivity contribution in [2.45, 2.75) is 39.9 Å². The molecule has 5 rings (SSSR count). The Hall–Kier alpha value is -4.10. The Bertz CT molecular complexity index is 1520. The van der Waals surface area contributed by atoms with E-state index >= 15 is 0 Å². The van der Waals surface area contributed by atoms with Crippen LogP contribution in [0.5, 0.6) is 0 Å². The van der Waals surface area contributed by atoms with Crippen LogP contribution in [0.15, 0.2) is 83.7 Å². The number of H-pyrrole nitrogens is 1. The molecule has 5 aromatic rings. The molecule has 0 saturated heterocycles. The van der Waals surface area contributed by atoms with Crippen LogP contribution in [-0.4, -0.2) is 36.6 Å². The molecule has 1 atom stereocenters. The Balaban J connectivity index is 1.66. The molecule has 7 heteroatoms. The van der Waals surface area contributed by atoms with E-state index in [1.807, 2.05) is 55.5 Å². The lowest BCUT2D eigenvalue weighted by Gasteiger charge is -2.30. The first kappa shape index (κ1) is 23.6. The second kappa shape index (κ2) is 10.3. The highest BCUT2D eigenvalue weighted by molar-refractivity contribution is 5.83. The summed E-state index contributed by atoms with van der Waals surface area (Å²) >= 11 is 0. The van der Waals surface area contributed by atoms with Crippen molar-refractivity contribution < 1.29 is 0 Å². The minimum Gasteiger partial charge on any atom is -0.322 e. The van der Waals surface area contributed by atoms with Crippen LogP contribution in [0.1, 0.15) is 46.6 Å². The Labute approximate surface area is 210 Å². The van der Waals surface area contributed by atoms with Crippen LogP contribution in [0.2, 0.25) is 0 Å². The number of tetrazole rings is 1. The lowest BCUT2D eigenvalue weighted by atomic mass is 9.99. The minimum atomic E-state index is -0.428. The van der Waals surface area contributed by atoms with Crippen molar-refractivity contribution in [3.05, 3.63) is 123 Å². The quantitative estimate of drug-likeness (QED) is 0.347. The maximum atomic E-state index is 13.6. The number of nitrogens with zero attached hydrogens (tertiary/aromatic N) is 5. The van der Waals surface area contributed by atoms with Crippen molar-refractivity contribution in [3.63, 3.8) is 0 Å². The van der Waals surface area contributed by atoms with Gasteiger partial charge in [-0.15, -0.1) is 5.10 Å². The fraction of sp³-hybridized carbons (Fsp3) is 0.241. The molecular weight excluding hydrogens is 448 g/mol. The number of fused-ring (bicyclic) bond motifs is 1. The first-order valence-corrected chi connectivity index (χ1v) is 12.3. The van der Waals surface area contributed by atoms with Crippen molar-refractivity contribution in [3.8, 4) is 0 Å². The summed E-state index contributed by atoms with van der Waals surface area (Å²) < 4.78 is 1.80. The Morgan fingerprint density at radius 1 is 0.944 bits per heavy atom. The lowest BCUT2D eigenvalue weighted by Crippen LogP contribution is -2.35. The number of pyridine rings is 1. The van der Waals surface area contributed by atoms with Crippen molar-refractivity contribution in [2.75, 3.05) is 6.54 Å². The van der Waals surface area contributed by atoms with Gasteiger partial charge in [0, 0.05) is 23.0 Å². The van der Waals surface area contributed by atoms with E-state index in [0.29, 0.717) is 31.0 Å². The van der Waals surface area contributed by atoms with Gasteiger partial charge in [-0.2, -0.15) is 0 Å². The fourth-order valence-electron chi connectivity index (χ4n) is 4.87. The number of aromatic nitrogens is 5. The Morgan fingerprint density at radius 2 is 1.64 bits per heavy atom. The number of hydrogen-bond donors (Lipinski definition) is 1. The molecule has 0 aliphatic heterocycles. The van der Waals surface area contributed by atoms with Gasteiger partial charge >= 0.3 is 0 Å². The molecule has 0 saturated carbocycles. The minimum absolute atomic E-state index is 0.127. The predicted octanol–water partition coefficient (Wildman–Crippen LogP) is 4.79. The summed E-state index contributed by atoms with van der Waals surface area (Å²) in [5, 5.41) is 13.8. The van der Waals surface area contributed by atoms with Crippen LogP contribution in [0.4, 0.5) is 0 Å². The van der Waals surface area contributed by atoms with Gasteiger partial charge in [0.25, 0.3) is 5.56 Å².